The van der Waals surface area contributed by atoms with Crippen molar-refractivity contribution in [1.29, 1.82) is 0 Å². The molecule has 0 saturated heterocycles. The van der Waals surface area contributed by atoms with Gasteiger partial charge in [0, 0.05) is 17.1 Å². The van der Waals surface area contributed by atoms with Gasteiger partial charge in [-0.2, -0.15) is 0 Å². The Morgan fingerprint density at radius 2 is 2.31 bits per heavy atom. The molecular formula is C8H10BrN3O. The van der Waals surface area contributed by atoms with Crippen LogP contribution in [0.25, 0.3) is 0 Å². The SMILES string of the molecule is NC(=O)C[C@H](N)c1ccc(Br)cn1. The Kier molecular flexibility index (Phi) is 3.39. The lowest BCUT2D eigenvalue weighted by atomic mass is 10.1. The Morgan fingerprint density at radius 1 is 1.62 bits per heavy atom. The van der Waals surface area contributed by atoms with Crippen molar-refractivity contribution in [2.24, 2.45) is 11.5 Å². The Hall–Kier alpha value is -0.940. The summed E-state index contributed by atoms with van der Waals surface area (Å²) < 4.78 is 0.877. The minimum absolute atomic E-state index is 0.120. The maximum Gasteiger partial charge on any atom is 0.219 e. The summed E-state index contributed by atoms with van der Waals surface area (Å²) in [6.07, 6.45) is 1.75. The number of primary amides is 1. The topological polar surface area (TPSA) is 82.0 Å². The quantitative estimate of drug-likeness (QED) is 0.821. The molecule has 1 aromatic heterocycles. The summed E-state index contributed by atoms with van der Waals surface area (Å²) >= 11 is 3.25. The molecule has 0 aliphatic carbocycles. The maximum absolute atomic E-state index is 10.6. The fraction of sp³-hybridized carbons (Fsp3) is 0.250. The average molecular weight is 244 g/mol. The Morgan fingerprint density at radius 3 is 2.77 bits per heavy atom. The van der Waals surface area contributed by atoms with E-state index in [2.05, 4.69) is 20.9 Å². The molecule has 1 aromatic rings. The number of hydrogen-bond donors (Lipinski definition) is 2. The molecule has 4 nitrogen and oxygen atoms in total. The van der Waals surface area contributed by atoms with Gasteiger partial charge in [0.25, 0.3) is 0 Å². The van der Waals surface area contributed by atoms with Gasteiger partial charge < -0.3 is 11.5 Å². The molecule has 0 unspecified atom stereocenters. The number of pyridine rings is 1. The van der Waals surface area contributed by atoms with Crippen LogP contribution in [-0.2, 0) is 4.79 Å². The predicted molar refractivity (Wildman–Crippen MR) is 52.7 cm³/mol. The van der Waals surface area contributed by atoms with Gasteiger partial charge in [-0.15, -0.1) is 0 Å². The second-order valence-corrected chi connectivity index (χ2v) is 3.59. The van der Waals surface area contributed by atoms with E-state index in [4.69, 9.17) is 11.5 Å². The minimum atomic E-state index is -0.419. The van der Waals surface area contributed by atoms with E-state index in [9.17, 15) is 4.79 Å². The lowest BCUT2D eigenvalue weighted by molar-refractivity contribution is -0.118. The van der Waals surface area contributed by atoms with Crippen LogP contribution < -0.4 is 11.5 Å². The highest BCUT2D eigenvalue weighted by molar-refractivity contribution is 9.10. The Balaban J connectivity index is 2.71. The van der Waals surface area contributed by atoms with E-state index in [0.717, 1.165) is 4.47 Å². The number of carbonyl (C=O) groups excluding carboxylic acids is 1. The molecule has 1 amide bonds. The number of nitrogens with two attached hydrogens (primary N) is 2. The van der Waals surface area contributed by atoms with Gasteiger partial charge in [-0.25, -0.2) is 0 Å². The summed E-state index contributed by atoms with van der Waals surface area (Å²) in [5, 5.41) is 0. The maximum atomic E-state index is 10.6. The Bertz CT molecular complexity index is 299. The number of nitrogens with zero attached hydrogens (tertiary/aromatic N) is 1. The van der Waals surface area contributed by atoms with Crippen LogP contribution in [0.4, 0.5) is 0 Å². The zero-order valence-electron chi connectivity index (χ0n) is 6.90. The molecule has 0 aromatic carbocycles. The summed E-state index contributed by atoms with van der Waals surface area (Å²) in [4.78, 5) is 14.6. The normalized spacial score (nSPS) is 12.5. The number of carbonyl (C=O) groups is 1. The molecule has 1 atom stereocenters. The van der Waals surface area contributed by atoms with E-state index in [1.165, 1.54) is 0 Å². The summed E-state index contributed by atoms with van der Waals surface area (Å²) in [5.74, 6) is -0.419. The van der Waals surface area contributed by atoms with Crippen molar-refractivity contribution in [1.82, 2.24) is 4.98 Å². The molecule has 70 valence electrons. The van der Waals surface area contributed by atoms with Crippen molar-refractivity contribution in [2.45, 2.75) is 12.5 Å². The van der Waals surface area contributed by atoms with Gasteiger partial charge in [0.05, 0.1) is 11.7 Å². The third kappa shape index (κ3) is 3.12. The molecule has 0 bridgehead atoms. The van der Waals surface area contributed by atoms with Crippen LogP contribution in [0, 0.1) is 0 Å². The fourth-order valence-electron chi connectivity index (χ4n) is 0.928. The van der Waals surface area contributed by atoms with E-state index < -0.39 is 11.9 Å². The third-order valence-corrected chi connectivity index (χ3v) is 2.02. The zero-order valence-corrected chi connectivity index (χ0v) is 8.49. The van der Waals surface area contributed by atoms with Crippen molar-refractivity contribution in [3.8, 4) is 0 Å². The molecule has 0 saturated carbocycles. The summed E-state index contributed by atoms with van der Waals surface area (Å²) in [5.41, 5.74) is 11.3. The molecular weight excluding hydrogens is 234 g/mol. The van der Waals surface area contributed by atoms with Crippen LogP contribution >= 0.6 is 15.9 Å². The first-order chi connectivity index (χ1) is 6.09. The Labute approximate surface area is 84.5 Å². The van der Waals surface area contributed by atoms with Gasteiger partial charge >= 0.3 is 0 Å². The number of halogens is 1. The molecule has 0 aliphatic heterocycles. The smallest absolute Gasteiger partial charge is 0.219 e. The van der Waals surface area contributed by atoms with Crippen LogP contribution in [0.5, 0.6) is 0 Å². The van der Waals surface area contributed by atoms with Crippen molar-refractivity contribution < 1.29 is 4.79 Å². The standard InChI is InChI=1S/C8H10BrN3O/c9-5-1-2-7(12-4-5)6(10)3-8(11)13/h1-2,4,6H,3,10H2,(H2,11,13)/t6-/m0/s1. The van der Waals surface area contributed by atoms with E-state index >= 15 is 0 Å². The van der Waals surface area contributed by atoms with Gasteiger partial charge in [0.1, 0.15) is 0 Å². The fourth-order valence-corrected chi connectivity index (χ4v) is 1.16. The molecule has 13 heavy (non-hydrogen) atoms. The lowest BCUT2D eigenvalue weighted by Crippen LogP contribution is -2.21. The van der Waals surface area contributed by atoms with Crippen molar-refractivity contribution in [3.63, 3.8) is 0 Å². The van der Waals surface area contributed by atoms with Crippen molar-refractivity contribution in [2.75, 3.05) is 0 Å². The van der Waals surface area contributed by atoms with Crippen LogP contribution in [0.15, 0.2) is 22.8 Å². The van der Waals surface area contributed by atoms with Crippen LogP contribution in [0.3, 0.4) is 0 Å². The van der Waals surface area contributed by atoms with E-state index in [-0.39, 0.29) is 6.42 Å². The van der Waals surface area contributed by atoms with Crippen LogP contribution in [0.1, 0.15) is 18.2 Å². The minimum Gasteiger partial charge on any atom is -0.370 e. The summed E-state index contributed by atoms with van der Waals surface area (Å²) in [6.45, 7) is 0. The van der Waals surface area contributed by atoms with E-state index in [1.807, 2.05) is 6.07 Å². The monoisotopic (exact) mass is 243 g/mol. The first-order valence-corrected chi connectivity index (χ1v) is 4.54. The van der Waals surface area contributed by atoms with Crippen LogP contribution in [0.2, 0.25) is 0 Å². The molecule has 1 rings (SSSR count). The van der Waals surface area contributed by atoms with E-state index in [1.54, 1.807) is 12.3 Å². The highest BCUT2D eigenvalue weighted by atomic mass is 79.9. The third-order valence-electron chi connectivity index (χ3n) is 1.55. The van der Waals surface area contributed by atoms with Crippen molar-refractivity contribution in [3.05, 3.63) is 28.5 Å². The summed E-state index contributed by atoms with van der Waals surface area (Å²) in [7, 11) is 0. The van der Waals surface area contributed by atoms with Gasteiger partial charge in [0.15, 0.2) is 0 Å². The summed E-state index contributed by atoms with van der Waals surface area (Å²) in [6, 6.07) is 3.17. The molecule has 0 fully saturated rings. The number of rotatable bonds is 3. The largest absolute Gasteiger partial charge is 0.370 e. The number of amides is 1. The second-order valence-electron chi connectivity index (χ2n) is 2.68. The second kappa shape index (κ2) is 4.34. The first kappa shape index (κ1) is 10.1. The van der Waals surface area contributed by atoms with Gasteiger partial charge in [0.2, 0.25) is 5.91 Å². The molecule has 1 heterocycles. The molecule has 5 heteroatoms. The predicted octanol–water partition coefficient (Wildman–Crippen LogP) is 0.719. The van der Waals surface area contributed by atoms with Crippen LogP contribution in [-0.4, -0.2) is 10.9 Å². The van der Waals surface area contributed by atoms with Crippen molar-refractivity contribution >= 4 is 21.8 Å². The molecule has 0 radical (unpaired) electrons. The zero-order chi connectivity index (χ0) is 9.84. The van der Waals surface area contributed by atoms with Gasteiger partial charge in [-0.3, -0.25) is 9.78 Å². The highest BCUT2D eigenvalue weighted by Crippen LogP contribution is 2.13. The number of hydrogen-bond acceptors (Lipinski definition) is 3. The van der Waals surface area contributed by atoms with Gasteiger partial charge in [-0.05, 0) is 28.1 Å². The van der Waals surface area contributed by atoms with E-state index in [0.29, 0.717) is 5.69 Å². The molecule has 0 spiro atoms. The molecule has 0 aliphatic rings. The average Bonchev–Trinajstić information content (AvgIpc) is 2.04. The molecule has 4 N–H and O–H groups in total. The number of aromatic nitrogens is 1. The first-order valence-electron chi connectivity index (χ1n) is 3.75. The highest BCUT2D eigenvalue weighted by Gasteiger charge is 2.09. The van der Waals surface area contributed by atoms with Gasteiger partial charge in [-0.1, -0.05) is 0 Å². The lowest BCUT2D eigenvalue weighted by Gasteiger charge is -2.07.